The predicted molar refractivity (Wildman–Crippen MR) is 120 cm³/mol. The molecule has 0 heterocycles. The molecule has 31 heavy (non-hydrogen) atoms. The molecule has 0 aliphatic carbocycles. The van der Waals surface area contributed by atoms with Crippen LogP contribution >= 0.6 is 0 Å². The minimum Gasteiger partial charge on any atom is -0.489 e. The summed E-state index contributed by atoms with van der Waals surface area (Å²) in [6.07, 6.45) is 0. The Balaban J connectivity index is 1.66. The SMILES string of the molecule is CCN(Cc1ccc(OCc2ccccc2)cc1)C(=O)c1cccc(S(=O)(=O)NC)c1. The van der Waals surface area contributed by atoms with Crippen LogP contribution in [0.1, 0.15) is 28.4 Å². The zero-order valence-electron chi connectivity index (χ0n) is 17.6. The summed E-state index contributed by atoms with van der Waals surface area (Å²) in [7, 11) is -2.27. The molecule has 0 saturated heterocycles. The first-order chi connectivity index (χ1) is 14.9. The molecule has 1 amide bonds. The van der Waals surface area contributed by atoms with Gasteiger partial charge < -0.3 is 9.64 Å². The van der Waals surface area contributed by atoms with Gasteiger partial charge >= 0.3 is 0 Å². The number of nitrogens with zero attached hydrogens (tertiary/aromatic N) is 1. The Bertz CT molecular complexity index is 1110. The van der Waals surface area contributed by atoms with Gasteiger partial charge in [-0.1, -0.05) is 48.5 Å². The second-order valence-corrected chi connectivity index (χ2v) is 8.86. The third-order valence-corrected chi connectivity index (χ3v) is 6.29. The molecule has 0 saturated carbocycles. The van der Waals surface area contributed by atoms with Gasteiger partial charge in [-0.15, -0.1) is 0 Å². The first-order valence-corrected chi connectivity index (χ1v) is 11.5. The lowest BCUT2D eigenvalue weighted by Crippen LogP contribution is -2.30. The molecule has 0 aliphatic rings. The number of carbonyl (C=O) groups is 1. The average Bonchev–Trinajstić information content (AvgIpc) is 2.82. The van der Waals surface area contributed by atoms with Gasteiger partial charge in [0.1, 0.15) is 12.4 Å². The fourth-order valence-electron chi connectivity index (χ4n) is 3.08. The maximum Gasteiger partial charge on any atom is 0.254 e. The Morgan fingerprint density at radius 3 is 2.29 bits per heavy atom. The van der Waals surface area contributed by atoms with Crippen LogP contribution in [0.2, 0.25) is 0 Å². The van der Waals surface area contributed by atoms with E-state index in [0.29, 0.717) is 25.3 Å². The van der Waals surface area contributed by atoms with Crippen LogP contribution < -0.4 is 9.46 Å². The maximum absolute atomic E-state index is 13.0. The largest absolute Gasteiger partial charge is 0.489 e. The van der Waals surface area contributed by atoms with Gasteiger partial charge in [-0.05, 0) is 55.4 Å². The topological polar surface area (TPSA) is 75.7 Å². The summed E-state index contributed by atoms with van der Waals surface area (Å²) in [5.41, 5.74) is 2.39. The van der Waals surface area contributed by atoms with Crippen molar-refractivity contribution in [2.24, 2.45) is 0 Å². The normalized spacial score (nSPS) is 11.2. The van der Waals surface area contributed by atoms with E-state index in [0.717, 1.165) is 16.9 Å². The van der Waals surface area contributed by atoms with E-state index in [1.54, 1.807) is 17.0 Å². The standard InChI is InChI=1S/C24H26N2O4S/c1-3-26(24(27)21-10-7-11-23(16-21)31(28,29)25-2)17-19-12-14-22(15-13-19)30-18-20-8-5-4-6-9-20/h4-16,25H,3,17-18H2,1-2H3. The Hall–Kier alpha value is -3.16. The molecule has 0 bridgehead atoms. The molecular formula is C24H26N2O4S. The van der Waals surface area contributed by atoms with Crippen LogP contribution in [0, 0.1) is 0 Å². The molecule has 0 atom stereocenters. The predicted octanol–water partition coefficient (Wildman–Crippen LogP) is 3.84. The molecule has 0 fully saturated rings. The zero-order valence-corrected chi connectivity index (χ0v) is 18.4. The lowest BCUT2D eigenvalue weighted by molar-refractivity contribution is 0.0752. The molecule has 162 valence electrons. The van der Waals surface area contributed by atoms with Gasteiger partial charge in [0.15, 0.2) is 0 Å². The van der Waals surface area contributed by atoms with Crippen molar-refractivity contribution in [3.63, 3.8) is 0 Å². The summed E-state index contributed by atoms with van der Waals surface area (Å²) in [5.74, 6) is 0.534. The molecule has 0 radical (unpaired) electrons. The van der Waals surface area contributed by atoms with Gasteiger partial charge in [-0.2, -0.15) is 0 Å². The second-order valence-electron chi connectivity index (χ2n) is 6.97. The van der Waals surface area contributed by atoms with Gasteiger partial charge in [0.2, 0.25) is 10.0 Å². The minimum atomic E-state index is -3.61. The summed E-state index contributed by atoms with van der Waals surface area (Å²) in [6, 6.07) is 23.6. The number of amides is 1. The average molecular weight is 439 g/mol. The third kappa shape index (κ3) is 5.93. The minimum absolute atomic E-state index is 0.0665. The van der Waals surface area contributed by atoms with E-state index < -0.39 is 10.0 Å². The van der Waals surface area contributed by atoms with Crippen molar-refractivity contribution >= 4 is 15.9 Å². The summed E-state index contributed by atoms with van der Waals surface area (Å²) in [4.78, 5) is 14.7. The number of sulfonamides is 1. The molecule has 3 rings (SSSR count). The Labute approximate surface area is 183 Å². The van der Waals surface area contributed by atoms with Crippen molar-refractivity contribution in [3.05, 3.63) is 95.6 Å². The first kappa shape index (κ1) is 22.5. The monoisotopic (exact) mass is 438 g/mol. The third-order valence-electron chi connectivity index (χ3n) is 4.87. The van der Waals surface area contributed by atoms with Crippen molar-refractivity contribution < 1.29 is 17.9 Å². The van der Waals surface area contributed by atoms with Crippen LogP contribution in [0.5, 0.6) is 5.75 Å². The lowest BCUT2D eigenvalue weighted by atomic mass is 10.1. The van der Waals surface area contributed by atoms with Crippen LogP contribution in [0.3, 0.4) is 0 Å². The van der Waals surface area contributed by atoms with Crippen molar-refractivity contribution in [3.8, 4) is 5.75 Å². The smallest absolute Gasteiger partial charge is 0.254 e. The summed E-state index contributed by atoms with van der Waals surface area (Å²) in [6.45, 7) is 3.29. The summed E-state index contributed by atoms with van der Waals surface area (Å²) < 4.78 is 32.1. The number of benzene rings is 3. The van der Waals surface area contributed by atoms with Crippen LogP contribution in [-0.4, -0.2) is 32.8 Å². The van der Waals surface area contributed by atoms with Gasteiger partial charge in [0, 0.05) is 18.7 Å². The molecule has 0 aromatic heterocycles. The number of nitrogens with one attached hydrogen (secondary N) is 1. The van der Waals surface area contributed by atoms with Crippen molar-refractivity contribution in [1.29, 1.82) is 0 Å². The first-order valence-electron chi connectivity index (χ1n) is 10.0. The number of carbonyl (C=O) groups excluding carboxylic acids is 1. The van der Waals surface area contributed by atoms with E-state index in [-0.39, 0.29) is 10.8 Å². The van der Waals surface area contributed by atoms with E-state index in [2.05, 4.69) is 4.72 Å². The van der Waals surface area contributed by atoms with Crippen molar-refractivity contribution in [2.45, 2.75) is 25.0 Å². The lowest BCUT2D eigenvalue weighted by Gasteiger charge is -2.21. The van der Waals surface area contributed by atoms with E-state index >= 15 is 0 Å². The molecule has 0 aliphatic heterocycles. The Morgan fingerprint density at radius 2 is 1.65 bits per heavy atom. The van der Waals surface area contributed by atoms with Crippen LogP contribution in [0.4, 0.5) is 0 Å². The maximum atomic E-state index is 13.0. The fourth-order valence-corrected chi connectivity index (χ4v) is 3.85. The molecule has 0 unspecified atom stereocenters. The van der Waals surface area contributed by atoms with E-state index in [1.165, 1.54) is 19.2 Å². The van der Waals surface area contributed by atoms with E-state index in [4.69, 9.17) is 4.74 Å². The summed E-state index contributed by atoms with van der Waals surface area (Å²) in [5, 5.41) is 0. The highest BCUT2D eigenvalue weighted by molar-refractivity contribution is 7.89. The zero-order chi connectivity index (χ0) is 22.3. The van der Waals surface area contributed by atoms with Gasteiger partial charge in [-0.25, -0.2) is 13.1 Å². The highest BCUT2D eigenvalue weighted by Crippen LogP contribution is 2.18. The molecule has 7 heteroatoms. The van der Waals surface area contributed by atoms with Crippen molar-refractivity contribution in [1.82, 2.24) is 9.62 Å². The van der Waals surface area contributed by atoms with Crippen molar-refractivity contribution in [2.75, 3.05) is 13.6 Å². The number of hydrogen-bond acceptors (Lipinski definition) is 4. The Morgan fingerprint density at radius 1 is 0.935 bits per heavy atom. The van der Waals surface area contributed by atoms with E-state index in [9.17, 15) is 13.2 Å². The molecule has 3 aromatic rings. The van der Waals surface area contributed by atoms with Gasteiger partial charge in [-0.3, -0.25) is 4.79 Å². The molecule has 0 spiro atoms. The summed E-state index contributed by atoms with van der Waals surface area (Å²) >= 11 is 0. The molecule has 6 nitrogen and oxygen atoms in total. The second kappa shape index (κ2) is 10.2. The Kier molecular flexibility index (Phi) is 7.44. The fraction of sp³-hybridized carbons (Fsp3) is 0.208. The van der Waals surface area contributed by atoms with Gasteiger partial charge in [0.25, 0.3) is 5.91 Å². The highest BCUT2D eigenvalue weighted by atomic mass is 32.2. The van der Waals surface area contributed by atoms with Crippen LogP contribution in [-0.2, 0) is 23.2 Å². The van der Waals surface area contributed by atoms with Crippen LogP contribution in [0.15, 0.2) is 83.8 Å². The number of hydrogen-bond donors (Lipinski definition) is 1. The van der Waals surface area contributed by atoms with E-state index in [1.807, 2.05) is 61.5 Å². The van der Waals surface area contributed by atoms with Crippen LogP contribution in [0.25, 0.3) is 0 Å². The number of rotatable bonds is 9. The molecular weight excluding hydrogens is 412 g/mol. The molecule has 3 aromatic carbocycles. The number of ether oxygens (including phenoxy) is 1. The quantitative estimate of drug-likeness (QED) is 0.551. The molecule has 1 N–H and O–H groups in total. The highest BCUT2D eigenvalue weighted by Gasteiger charge is 2.18. The van der Waals surface area contributed by atoms with Gasteiger partial charge in [0.05, 0.1) is 4.90 Å².